The van der Waals surface area contributed by atoms with Crippen LogP contribution in [0.1, 0.15) is 46.8 Å². The summed E-state index contributed by atoms with van der Waals surface area (Å²) >= 11 is 0. The maximum atomic E-state index is 13.9. The zero-order chi connectivity index (χ0) is 23.2. The van der Waals surface area contributed by atoms with E-state index >= 15 is 0 Å². The van der Waals surface area contributed by atoms with Crippen LogP contribution in [0.15, 0.2) is 36.4 Å². The van der Waals surface area contributed by atoms with Gasteiger partial charge in [0.05, 0.1) is 17.5 Å². The minimum Gasteiger partial charge on any atom is -0.324 e. The van der Waals surface area contributed by atoms with E-state index in [1.54, 1.807) is 24.3 Å². The number of anilines is 2. The molecule has 3 amide bonds. The van der Waals surface area contributed by atoms with E-state index in [1.165, 1.54) is 11.8 Å². The summed E-state index contributed by atoms with van der Waals surface area (Å²) in [4.78, 5) is 56.4. The second-order valence-electron chi connectivity index (χ2n) is 9.67. The molecule has 0 aliphatic carbocycles. The highest BCUT2D eigenvalue weighted by molar-refractivity contribution is 6.26. The number of carbonyl (C=O) groups is 4. The van der Waals surface area contributed by atoms with Crippen LogP contribution in [-0.4, -0.2) is 41.0 Å². The number of carbonyl (C=O) groups excluding carboxylic acids is 4. The SMILES string of the molecule is CC(=O)c1ccc(N2C(=O)[C@H]3[C@@H](C2=O)[C@@]2(C(=O)Nc4c2ccc(C)c4C)N2CCC[C@@H]32)cc1. The highest BCUT2D eigenvalue weighted by Crippen LogP contribution is 2.61. The smallest absolute Gasteiger partial charge is 0.250 e. The normalized spacial score (nSPS) is 30.1. The van der Waals surface area contributed by atoms with Gasteiger partial charge < -0.3 is 5.32 Å². The zero-order valence-corrected chi connectivity index (χ0v) is 18.8. The minimum absolute atomic E-state index is 0.0806. The Morgan fingerprint density at radius 1 is 1.03 bits per heavy atom. The third-order valence-corrected chi connectivity index (χ3v) is 8.23. The minimum atomic E-state index is -1.17. The van der Waals surface area contributed by atoms with E-state index in [0.29, 0.717) is 17.8 Å². The van der Waals surface area contributed by atoms with Crippen LogP contribution >= 0.6 is 0 Å². The summed E-state index contributed by atoms with van der Waals surface area (Å²) in [6.07, 6.45) is 1.67. The zero-order valence-electron chi connectivity index (χ0n) is 18.8. The molecule has 33 heavy (non-hydrogen) atoms. The molecule has 3 fully saturated rings. The van der Waals surface area contributed by atoms with Gasteiger partial charge in [-0.3, -0.25) is 24.1 Å². The lowest BCUT2D eigenvalue weighted by Gasteiger charge is -2.36. The Morgan fingerprint density at radius 3 is 2.45 bits per heavy atom. The van der Waals surface area contributed by atoms with Crippen molar-refractivity contribution >= 4 is 34.9 Å². The molecule has 0 bridgehead atoms. The Kier molecular flexibility index (Phi) is 4.06. The van der Waals surface area contributed by atoms with E-state index in [2.05, 4.69) is 10.2 Å². The molecule has 2 aromatic carbocycles. The van der Waals surface area contributed by atoms with Crippen LogP contribution in [0.25, 0.3) is 0 Å². The van der Waals surface area contributed by atoms with Crippen molar-refractivity contribution in [1.82, 2.24) is 4.90 Å². The lowest BCUT2D eigenvalue weighted by Crippen LogP contribution is -2.54. The molecule has 4 aliphatic heterocycles. The summed E-state index contributed by atoms with van der Waals surface area (Å²) in [5.41, 5.74) is 3.44. The van der Waals surface area contributed by atoms with Crippen LogP contribution in [0.4, 0.5) is 11.4 Å². The fraction of sp³-hybridized carbons (Fsp3) is 0.385. The number of nitrogens with one attached hydrogen (secondary N) is 1. The number of ketones is 1. The fourth-order valence-corrected chi connectivity index (χ4v) is 6.62. The van der Waals surface area contributed by atoms with Crippen molar-refractivity contribution in [2.24, 2.45) is 11.8 Å². The van der Waals surface area contributed by atoms with Gasteiger partial charge in [0, 0.05) is 22.9 Å². The van der Waals surface area contributed by atoms with E-state index < -0.39 is 17.4 Å². The molecule has 1 spiro atoms. The Labute approximate surface area is 191 Å². The molecule has 0 unspecified atom stereocenters. The Balaban J connectivity index is 1.52. The molecular weight excluding hydrogens is 418 g/mol. The first-order chi connectivity index (χ1) is 15.8. The number of Topliss-reactive ketones (excluding diaryl/α,β-unsaturated/α-hetero) is 1. The predicted octanol–water partition coefficient (Wildman–Crippen LogP) is 2.94. The van der Waals surface area contributed by atoms with Gasteiger partial charge >= 0.3 is 0 Å². The Bertz CT molecular complexity index is 1270. The average Bonchev–Trinajstić information content (AvgIpc) is 3.50. The first kappa shape index (κ1) is 20.3. The molecule has 7 nitrogen and oxygen atoms in total. The molecular formula is C26H25N3O4. The molecule has 2 aromatic rings. The lowest BCUT2D eigenvalue weighted by molar-refractivity contribution is -0.135. The second-order valence-corrected chi connectivity index (χ2v) is 9.67. The monoisotopic (exact) mass is 443 g/mol. The van der Waals surface area contributed by atoms with Crippen molar-refractivity contribution in [3.63, 3.8) is 0 Å². The van der Waals surface area contributed by atoms with E-state index in [0.717, 1.165) is 35.2 Å². The van der Waals surface area contributed by atoms with Crippen LogP contribution in [0, 0.1) is 25.7 Å². The average molecular weight is 444 g/mol. The summed E-state index contributed by atoms with van der Waals surface area (Å²) in [7, 11) is 0. The largest absolute Gasteiger partial charge is 0.324 e. The van der Waals surface area contributed by atoms with Crippen molar-refractivity contribution in [1.29, 1.82) is 0 Å². The summed E-state index contributed by atoms with van der Waals surface area (Å²) in [5, 5.41) is 3.07. The number of hydrogen-bond donors (Lipinski definition) is 1. The maximum Gasteiger partial charge on any atom is 0.250 e. The third-order valence-electron chi connectivity index (χ3n) is 8.23. The predicted molar refractivity (Wildman–Crippen MR) is 122 cm³/mol. The molecule has 6 rings (SSSR count). The Morgan fingerprint density at radius 2 is 1.76 bits per heavy atom. The van der Waals surface area contributed by atoms with Crippen LogP contribution in [0.2, 0.25) is 0 Å². The highest BCUT2D eigenvalue weighted by Gasteiger charge is 2.74. The van der Waals surface area contributed by atoms with E-state index in [-0.39, 0.29) is 29.5 Å². The van der Waals surface area contributed by atoms with Crippen LogP contribution in [-0.2, 0) is 19.9 Å². The number of hydrogen-bond acceptors (Lipinski definition) is 5. The van der Waals surface area contributed by atoms with Gasteiger partial charge in [-0.05, 0) is 75.5 Å². The molecule has 1 N–H and O–H groups in total. The van der Waals surface area contributed by atoms with Gasteiger partial charge in [0.1, 0.15) is 5.54 Å². The molecule has 4 heterocycles. The van der Waals surface area contributed by atoms with Crippen molar-refractivity contribution in [2.75, 3.05) is 16.8 Å². The van der Waals surface area contributed by atoms with Gasteiger partial charge in [0.2, 0.25) is 17.7 Å². The van der Waals surface area contributed by atoms with Gasteiger partial charge in [-0.15, -0.1) is 0 Å². The summed E-state index contributed by atoms with van der Waals surface area (Å²) in [6.45, 7) is 6.14. The van der Waals surface area contributed by atoms with Gasteiger partial charge in [-0.2, -0.15) is 0 Å². The summed E-state index contributed by atoms with van der Waals surface area (Å²) in [5.74, 6) is -2.21. The lowest BCUT2D eigenvalue weighted by atomic mass is 9.75. The summed E-state index contributed by atoms with van der Waals surface area (Å²) in [6, 6.07) is 10.3. The molecule has 0 aromatic heterocycles. The van der Waals surface area contributed by atoms with Gasteiger partial charge in [0.25, 0.3) is 0 Å². The number of aryl methyl sites for hydroxylation is 1. The van der Waals surface area contributed by atoms with Crippen molar-refractivity contribution in [3.8, 4) is 0 Å². The first-order valence-electron chi connectivity index (χ1n) is 11.5. The van der Waals surface area contributed by atoms with Crippen LogP contribution in [0.5, 0.6) is 0 Å². The standard InChI is InChI=1S/C26H25N3O4/c1-13-6-11-18-22(14(13)2)27-25(33)26(18)21-20(19-5-4-12-28(19)26)23(31)29(24(21)32)17-9-7-16(8-10-17)15(3)30/h6-11,19-21H,4-5,12H2,1-3H3,(H,27,33)/t19-,20+,21-,26-/m0/s1. The fourth-order valence-electron chi connectivity index (χ4n) is 6.62. The highest BCUT2D eigenvalue weighted by atomic mass is 16.2. The number of imide groups is 1. The summed E-state index contributed by atoms with van der Waals surface area (Å²) < 4.78 is 0. The third kappa shape index (κ3) is 2.33. The number of nitrogens with zero attached hydrogens (tertiary/aromatic N) is 2. The number of benzene rings is 2. The second kappa shape index (κ2) is 6.60. The molecule has 0 radical (unpaired) electrons. The number of amides is 3. The quantitative estimate of drug-likeness (QED) is 0.570. The van der Waals surface area contributed by atoms with Crippen LogP contribution in [0.3, 0.4) is 0 Å². The van der Waals surface area contributed by atoms with E-state index in [1.807, 2.05) is 26.0 Å². The van der Waals surface area contributed by atoms with Crippen molar-refractivity contribution in [2.45, 2.75) is 45.2 Å². The van der Waals surface area contributed by atoms with Crippen molar-refractivity contribution in [3.05, 3.63) is 58.7 Å². The number of fused-ring (bicyclic) bond motifs is 7. The molecule has 4 atom stereocenters. The molecule has 4 aliphatic rings. The topological polar surface area (TPSA) is 86.8 Å². The number of rotatable bonds is 2. The van der Waals surface area contributed by atoms with E-state index in [9.17, 15) is 19.2 Å². The molecule has 3 saturated heterocycles. The molecule has 0 saturated carbocycles. The molecule has 7 heteroatoms. The molecule has 168 valence electrons. The Hall–Kier alpha value is -3.32. The van der Waals surface area contributed by atoms with Gasteiger partial charge in [0.15, 0.2) is 5.78 Å². The van der Waals surface area contributed by atoms with Gasteiger partial charge in [-0.25, -0.2) is 4.90 Å². The first-order valence-corrected chi connectivity index (χ1v) is 11.5. The maximum absolute atomic E-state index is 13.9. The van der Waals surface area contributed by atoms with Crippen molar-refractivity contribution < 1.29 is 19.2 Å². The van der Waals surface area contributed by atoms with Crippen LogP contribution < -0.4 is 10.2 Å². The van der Waals surface area contributed by atoms with Gasteiger partial charge in [-0.1, -0.05) is 12.1 Å². The van der Waals surface area contributed by atoms with E-state index in [4.69, 9.17) is 0 Å².